The molecule has 0 saturated heterocycles. The van der Waals surface area contributed by atoms with Crippen molar-refractivity contribution < 1.29 is 9.59 Å². The van der Waals surface area contributed by atoms with Crippen molar-refractivity contribution in [2.75, 3.05) is 12.3 Å². The van der Waals surface area contributed by atoms with Gasteiger partial charge in [-0.15, -0.1) is 11.3 Å². The highest BCUT2D eigenvalue weighted by Crippen LogP contribution is 2.37. The molecule has 1 aromatic carbocycles. The van der Waals surface area contributed by atoms with E-state index in [4.69, 9.17) is 0 Å². The number of carbonyl (C=O) groups excluding carboxylic acids is 2. The van der Waals surface area contributed by atoms with Crippen LogP contribution in [0.15, 0.2) is 41.0 Å². The van der Waals surface area contributed by atoms with Gasteiger partial charge in [0.1, 0.15) is 16.2 Å². The van der Waals surface area contributed by atoms with Crippen LogP contribution in [0.3, 0.4) is 0 Å². The van der Waals surface area contributed by atoms with Gasteiger partial charge in [-0.2, -0.15) is 0 Å². The highest BCUT2D eigenvalue weighted by molar-refractivity contribution is 8.00. The van der Waals surface area contributed by atoms with Gasteiger partial charge < -0.3 is 5.32 Å². The Labute approximate surface area is 165 Å². The van der Waals surface area contributed by atoms with Gasteiger partial charge in [0.25, 0.3) is 0 Å². The Balaban J connectivity index is 1.77. The van der Waals surface area contributed by atoms with Crippen molar-refractivity contribution in [3.8, 4) is 11.1 Å². The fourth-order valence-electron chi connectivity index (χ4n) is 2.48. The van der Waals surface area contributed by atoms with E-state index in [1.165, 1.54) is 23.7 Å². The number of thiophene rings is 1. The first-order chi connectivity index (χ1) is 13.1. The van der Waals surface area contributed by atoms with Gasteiger partial charge in [0.2, 0.25) is 5.91 Å². The van der Waals surface area contributed by atoms with Gasteiger partial charge in [-0.3, -0.25) is 10.1 Å². The number of imide groups is 1. The summed E-state index contributed by atoms with van der Waals surface area (Å²) in [5.74, 6) is -0.248. The SMILES string of the molecule is CCCNC(=O)NC(=O)CSc1ncnc2scc(-c3ccc(C)cc3)c12. The lowest BCUT2D eigenvalue weighted by Crippen LogP contribution is -2.40. The third-order valence-electron chi connectivity index (χ3n) is 3.83. The van der Waals surface area contributed by atoms with E-state index in [1.54, 1.807) is 11.3 Å². The average Bonchev–Trinajstić information content (AvgIpc) is 3.10. The molecular weight excluding hydrogens is 380 g/mol. The largest absolute Gasteiger partial charge is 0.338 e. The number of nitrogens with one attached hydrogen (secondary N) is 2. The summed E-state index contributed by atoms with van der Waals surface area (Å²) < 4.78 is 0. The Bertz CT molecular complexity index is 954. The Morgan fingerprint density at radius 3 is 2.70 bits per heavy atom. The maximum atomic E-state index is 12.0. The third-order valence-corrected chi connectivity index (χ3v) is 5.70. The molecule has 6 nitrogen and oxygen atoms in total. The van der Waals surface area contributed by atoms with E-state index >= 15 is 0 Å². The van der Waals surface area contributed by atoms with Gasteiger partial charge in [-0.1, -0.05) is 48.5 Å². The van der Waals surface area contributed by atoms with Crippen molar-refractivity contribution in [1.29, 1.82) is 0 Å². The Kier molecular flexibility index (Phi) is 6.41. The first kappa shape index (κ1) is 19.3. The second-order valence-electron chi connectivity index (χ2n) is 5.97. The maximum absolute atomic E-state index is 12.0. The van der Waals surface area contributed by atoms with Crippen LogP contribution in [0.1, 0.15) is 18.9 Å². The highest BCUT2D eigenvalue weighted by Gasteiger charge is 2.15. The van der Waals surface area contributed by atoms with Crippen LogP contribution in [-0.2, 0) is 4.79 Å². The third kappa shape index (κ3) is 4.84. The monoisotopic (exact) mass is 400 g/mol. The van der Waals surface area contributed by atoms with Crippen LogP contribution in [0.4, 0.5) is 4.79 Å². The molecule has 0 saturated carbocycles. The molecule has 2 N–H and O–H groups in total. The first-order valence-corrected chi connectivity index (χ1v) is 10.4. The van der Waals surface area contributed by atoms with Crippen molar-refractivity contribution in [2.24, 2.45) is 0 Å². The van der Waals surface area contributed by atoms with Crippen LogP contribution >= 0.6 is 23.1 Å². The molecule has 0 bridgehead atoms. The van der Waals surface area contributed by atoms with Crippen molar-refractivity contribution in [3.05, 3.63) is 41.5 Å². The molecule has 0 aliphatic rings. The minimum absolute atomic E-state index is 0.106. The number of hydrogen-bond donors (Lipinski definition) is 2. The summed E-state index contributed by atoms with van der Waals surface area (Å²) in [5, 5.41) is 8.69. The smallest absolute Gasteiger partial charge is 0.321 e. The van der Waals surface area contributed by atoms with Crippen LogP contribution in [0, 0.1) is 6.92 Å². The van der Waals surface area contributed by atoms with Gasteiger partial charge in [0.15, 0.2) is 0 Å². The molecule has 2 heterocycles. The zero-order chi connectivity index (χ0) is 19.2. The number of nitrogens with zero attached hydrogens (tertiary/aromatic N) is 2. The Morgan fingerprint density at radius 2 is 1.96 bits per heavy atom. The minimum Gasteiger partial charge on any atom is -0.338 e. The van der Waals surface area contributed by atoms with Gasteiger partial charge in [0, 0.05) is 17.5 Å². The van der Waals surface area contributed by atoms with E-state index in [-0.39, 0.29) is 11.7 Å². The van der Waals surface area contributed by atoms with Crippen LogP contribution in [0.5, 0.6) is 0 Å². The number of aromatic nitrogens is 2. The molecule has 0 unspecified atom stereocenters. The number of thioether (sulfide) groups is 1. The quantitative estimate of drug-likeness (QED) is 0.483. The number of urea groups is 1. The lowest BCUT2D eigenvalue weighted by atomic mass is 10.1. The maximum Gasteiger partial charge on any atom is 0.321 e. The number of amides is 3. The second kappa shape index (κ2) is 8.96. The topological polar surface area (TPSA) is 84.0 Å². The lowest BCUT2D eigenvalue weighted by molar-refractivity contribution is -0.117. The van der Waals surface area contributed by atoms with E-state index in [9.17, 15) is 9.59 Å². The van der Waals surface area contributed by atoms with Gasteiger partial charge in [0.05, 0.1) is 11.1 Å². The van der Waals surface area contributed by atoms with Crippen LogP contribution in [0.2, 0.25) is 0 Å². The first-order valence-electron chi connectivity index (χ1n) is 8.58. The molecule has 8 heteroatoms. The van der Waals surface area contributed by atoms with E-state index < -0.39 is 6.03 Å². The molecule has 0 aliphatic heterocycles. The lowest BCUT2D eigenvalue weighted by Gasteiger charge is -2.07. The number of carbonyl (C=O) groups is 2. The number of hydrogen-bond acceptors (Lipinski definition) is 6. The van der Waals surface area contributed by atoms with Crippen molar-refractivity contribution in [3.63, 3.8) is 0 Å². The molecule has 0 fully saturated rings. The molecular formula is C19H20N4O2S2. The molecule has 3 rings (SSSR count). The van der Waals surface area contributed by atoms with Crippen LogP contribution in [-0.4, -0.2) is 34.2 Å². The minimum atomic E-state index is -0.467. The van der Waals surface area contributed by atoms with E-state index in [0.717, 1.165) is 32.8 Å². The summed E-state index contributed by atoms with van der Waals surface area (Å²) in [5.41, 5.74) is 3.34. The predicted molar refractivity (Wildman–Crippen MR) is 110 cm³/mol. The highest BCUT2D eigenvalue weighted by atomic mass is 32.2. The Hall–Kier alpha value is -2.45. The second-order valence-corrected chi connectivity index (χ2v) is 7.79. The molecule has 0 radical (unpaired) electrons. The number of fused-ring (bicyclic) bond motifs is 1. The van der Waals surface area contributed by atoms with Gasteiger partial charge in [-0.25, -0.2) is 14.8 Å². The number of aryl methyl sites for hydroxylation is 1. The van der Waals surface area contributed by atoms with Crippen molar-refractivity contribution >= 4 is 45.3 Å². The average molecular weight is 401 g/mol. The summed E-state index contributed by atoms with van der Waals surface area (Å²) in [4.78, 5) is 33.2. The summed E-state index contributed by atoms with van der Waals surface area (Å²) in [6, 6.07) is 7.81. The standard InChI is InChI=1S/C19H20N4O2S2/c1-3-8-20-19(25)23-15(24)10-27-18-16-14(9-26-17(16)21-11-22-18)13-6-4-12(2)5-7-13/h4-7,9,11H,3,8,10H2,1-2H3,(H2,20,23,24,25). The number of rotatable bonds is 6. The van der Waals surface area contributed by atoms with E-state index in [2.05, 4.69) is 57.2 Å². The summed E-state index contributed by atoms with van der Waals surface area (Å²) in [6.45, 7) is 4.54. The molecule has 0 aliphatic carbocycles. The van der Waals surface area contributed by atoms with Crippen molar-refractivity contribution in [2.45, 2.75) is 25.3 Å². The molecule has 0 spiro atoms. The molecule has 0 atom stereocenters. The van der Waals surface area contributed by atoms with Gasteiger partial charge >= 0.3 is 6.03 Å². The molecule has 140 valence electrons. The Morgan fingerprint density at radius 1 is 1.19 bits per heavy atom. The fraction of sp³-hybridized carbons (Fsp3) is 0.263. The summed E-state index contributed by atoms with van der Waals surface area (Å²) >= 11 is 2.86. The van der Waals surface area contributed by atoms with E-state index in [1.807, 2.05) is 6.92 Å². The molecule has 2 aromatic heterocycles. The van der Waals surface area contributed by atoms with E-state index in [0.29, 0.717) is 6.54 Å². The zero-order valence-electron chi connectivity index (χ0n) is 15.1. The molecule has 3 amide bonds. The fourth-order valence-corrected chi connectivity index (χ4v) is 4.28. The summed E-state index contributed by atoms with van der Waals surface area (Å²) in [7, 11) is 0. The van der Waals surface area contributed by atoms with Crippen LogP contribution < -0.4 is 10.6 Å². The zero-order valence-corrected chi connectivity index (χ0v) is 16.7. The molecule has 27 heavy (non-hydrogen) atoms. The normalized spacial score (nSPS) is 10.7. The predicted octanol–water partition coefficient (Wildman–Crippen LogP) is 3.99. The van der Waals surface area contributed by atoms with Crippen molar-refractivity contribution in [1.82, 2.24) is 20.6 Å². The summed E-state index contributed by atoms with van der Waals surface area (Å²) in [6.07, 6.45) is 2.32. The van der Waals surface area contributed by atoms with Gasteiger partial charge in [-0.05, 0) is 18.9 Å². The number of benzene rings is 1. The van der Waals surface area contributed by atoms with Crippen LogP contribution in [0.25, 0.3) is 21.3 Å². The molecule has 3 aromatic rings.